The molecule has 1 unspecified atom stereocenters. The first-order chi connectivity index (χ1) is 9.85. The Kier molecular flexibility index (Phi) is 6.81. The van der Waals surface area contributed by atoms with E-state index in [1.807, 2.05) is 25.1 Å². The van der Waals surface area contributed by atoms with Crippen LogP contribution in [0.4, 0.5) is 13.2 Å². The van der Waals surface area contributed by atoms with Crippen molar-refractivity contribution in [3.8, 4) is 11.5 Å². The van der Waals surface area contributed by atoms with Crippen molar-refractivity contribution in [2.24, 2.45) is 0 Å². The van der Waals surface area contributed by atoms with E-state index >= 15 is 0 Å². The van der Waals surface area contributed by atoms with Gasteiger partial charge in [0.15, 0.2) is 11.5 Å². The maximum atomic E-state index is 12.0. The van der Waals surface area contributed by atoms with Crippen LogP contribution >= 0.6 is 0 Å². The fourth-order valence-electron chi connectivity index (χ4n) is 2.07. The van der Waals surface area contributed by atoms with Crippen LogP contribution in [0.3, 0.4) is 0 Å². The molecular formula is C15H22F3NO2. The summed E-state index contributed by atoms with van der Waals surface area (Å²) in [6, 6.07) is 5.73. The van der Waals surface area contributed by atoms with E-state index in [2.05, 4.69) is 5.32 Å². The molecule has 1 atom stereocenters. The van der Waals surface area contributed by atoms with E-state index in [0.29, 0.717) is 24.5 Å². The van der Waals surface area contributed by atoms with E-state index in [1.54, 1.807) is 14.2 Å². The second kappa shape index (κ2) is 8.12. The van der Waals surface area contributed by atoms with Crippen LogP contribution in [-0.2, 0) is 6.42 Å². The standard InChI is InChI=1S/C15H22F3NO2/c1-11(19-8-4-7-15(16,17)18)9-12-5-6-13(20-2)14(10-12)21-3/h5-6,10-11,19H,4,7-9H2,1-3H3. The molecule has 0 heterocycles. The molecule has 0 fully saturated rings. The molecule has 0 radical (unpaired) electrons. The van der Waals surface area contributed by atoms with Crippen molar-refractivity contribution >= 4 is 0 Å². The van der Waals surface area contributed by atoms with E-state index in [0.717, 1.165) is 5.56 Å². The lowest BCUT2D eigenvalue weighted by molar-refractivity contribution is -0.135. The number of nitrogens with one attached hydrogen (secondary N) is 1. The van der Waals surface area contributed by atoms with Crippen molar-refractivity contribution in [2.75, 3.05) is 20.8 Å². The molecule has 120 valence electrons. The van der Waals surface area contributed by atoms with Gasteiger partial charge in [0.1, 0.15) is 0 Å². The van der Waals surface area contributed by atoms with Crippen molar-refractivity contribution in [1.82, 2.24) is 5.32 Å². The SMILES string of the molecule is COc1ccc(CC(C)NCCCC(F)(F)F)cc1OC. The molecule has 1 aromatic carbocycles. The van der Waals surface area contributed by atoms with Crippen LogP contribution < -0.4 is 14.8 Å². The average molecular weight is 305 g/mol. The zero-order chi connectivity index (χ0) is 15.9. The topological polar surface area (TPSA) is 30.5 Å². The van der Waals surface area contributed by atoms with Crippen LogP contribution in [0.25, 0.3) is 0 Å². The lowest BCUT2D eigenvalue weighted by Crippen LogP contribution is -2.29. The molecule has 1 rings (SSSR count). The summed E-state index contributed by atoms with van der Waals surface area (Å²) in [7, 11) is 3.14. The molecule has 0 saturated carbocycles. The third-order valence-electron chi connectivity index (χ3n) is 3.12. The van der Waals surface area contributed by atoms with Crippen molar-refractivity contribution in [3.63, 3.8) is 0 Å². The van der Waals surface area contributed by atoms with Gasteiger partial charge < -0.3 is 14.8 Å². The molecular weight excluding hydrogens is 283 g/mol. The molecule has 1 N–H and O–H groups in total. The van der Waals surface area contributed by atoms with Gasteiger partial charge in [0, 0.05) is 12.5 Å². The molecule has 3 nitrogen and oxygen atoms in total. The smallest absolute Gasteiger partial charge is 0.389 e. The Morgan fingerprint density at radius 2 is 1.81 bits per heavy atom. The van der Waals surface area contributed by atoms with Crippen LogP contribution in [0.15, 0.2) is 18.2 Å². The molecule has 6 heteroatoms. The normalized spacial score (nSPS) is 13.0. The minimum atomic E-state index is -4.08. The highest BCUT2D eigenvalue weighted by molar-refractivity contribution is 5.43. The highest BCUT2D eigenvalue weighted by Crippen LogP contribution is 2.28. The van der Waals surface area contributed by atoms with Crippen LogP contribution in [0.1, 0.15) is 25.3 Å². The Bertz CT molecular complexity index is 435. The Morgan fingerprint density at radius 3 is 2.38 bits per heavy atom. The third kappa shape index (κ3) is 6.71. The molecule has 0 aliphatic rings. The monoisotopic (exact) mass is 305 g/mol. The fourth-order valence-corrected chi connectivity index (χ4v) is 2.07. The van der Waals surface area contributed by atoms with Crippen molar-refractivity contribution in [1.29, 1.82) is 0 Å². The predicted molar refractivity (Wildman–Crippen MR) is 76.0 cm³/mol. The van der Waals surface area contributed by atoms with Gasteiger partial charge in [0.05, 0.1) is 14.2 Å². The van der Waals surface area contributed by atoms with Gasteiger partial charge in [-0.25, -0.2) is 0 Å². The molecule has 0 aromatic heterocycles. The molecule has 1 aromatic rings. The lowest BCUT2D eigenvalue weighted by atomic mass is 10.1. The lowest BCUT2D eigenvalue weighted by Gasteiger charge is -2.15. The molecule has 0 saturated heterocycles. The summed E-state index contributed by atoms with van der Waals surface area (Å²) in [6.07, 6.45) is -4.01. The van der Waals surface area contributed by atoms with Gasteiger partial charge >= 0.3 is 6.18 Å². The van der Waals surface area contributed by atoms with Gasteiger partial charge in [-0.1, -0.05) is 6.07 Å². The van der Waals surface area contributed by atoms with Gasteiger partial charge in [-0.15, -0.1) is 0 Å². The van der Waals surface area contributed by atoms with Crippen LogP contribution in [0.5, 0.6) is 11.5 Å². The summed E-state index contributed by atoms with van der Waals surface area (Å²) < 4.78 is 46.5. The van der Waals surface area contributed by atoms with Gasteiger partial charge in [-0.3, -0.25) is 0 Å². The fraction of sp³-hybridized carbons (Fsp3) is 0.600. The van der Waals surface area contributed by atoms with Gasteiger partial charge in [-0.05, 0) is 44.0 Å². The quantitative estimate of drug-likeness (QED) is 0.745. The minimum Gasteiger partial charge on any atom is -0.493 e. The van der Waals surface area contributed by atoms with Gasteiger partial charge in [0.25, 0.3) is 0 Å². The first kappa shape index (κ1) is 17.6. The molecule has 0 bridgehead atoms. The number of rotatable bonds is 8. The first-order valence-corrected chi connectivity index (χ1v) is 6.86. The molecule has 21 heavy (non-hydrogen) atoms. The first-order valence-electron chi connectivity index (χ1n) is 6.86. The number of hydrogen-bond donors (Lipinski definition) is 1. The van der Waals surface area contributed by atoms with Crippen LogP contribution in [-0.4, -0.2) is 33.0 Å². The van der Waals surface area contributed by atoms with E-state index < -0.39 is 12.6 Å². The van der Waals surface area contributed by atoms with E-state index in [-0.39, 0.29) is 12.5 Å². The number of alkyl halides is 3. The molecule has 0 aliphatic carbocycles. The Balaban J connectivity index is 2.42. The molecule has 0 aliphatic heterocycles. The number of ether oxygens (including phenoxy) is 2. The van der Waals surface area contributed by atoms with E-state index in [4.69, 9.17) is 9.47 Å². The largest absolute Gasteiger partial charge is 0.493 e. The Labute approximate surface area is 123 Å². The highest BCUT2D eigenvalue weighted by Gasteiger charge is 2.25. The van der Waals surface area contributed by atoms with Gasteiger partial charge in [0.2, 0.25) is 0 Å². The zero-order valence-corrected chi connectivity index (χ0v) is 12.6. The maximum Gasteiger partial charge on any atom is 0.389 e. The minimum absolute atomic E-state index is 0.0938. The number of hydrogen-bond acceptors (Lipinski definition) is 3. The summed E-state index contributed by atoms with van der Waals surface area (Å²) in [5, 5.41) is 3.10. The third-order valence-corrected chi connectivity index (χ3v) is 3.12. The molecule has 0 spiro atoms. The Hall–Kier alpha value is -1.43. The van der Waals surface area contributed by atoms with E-state index in [9.17, 15) is 13.2 Å². The zero-order valence-electron chi connectivity index (χ0n) is 12.6. The number of benzene rings is 1. The van der Waals surface area contributed by atoms with Crippen molar-refractivity contribution in [3.05, 3.63) is 23.8 Å². The van der Waals surface area contributed by atoms with Gasteiger partial charge in [-0.2, -0.15) is 13.2 Å². The summed E-state index contributed by atoms with van der Waals surface area (Å²) in [6.45, 7) is 2.30. The predicted octanol–water partition coefficient (Wildman–Crippen LogP) is 3.57. The number of methoxy groups -OCH3 is 2. The second-order valence-electron chi connectivity index (χ2n) is 4.97. The Morgan fingerprint density at radius 1 is 1.14 bits per heavy atom. The summed E-state index contributed by atoms with van der Waals surface area (Å²) >= 11 is 0. The highest BCUT2D eigenvalue weighted by atomic mass is 19.4. The van der Waals surface area contributed by atoms with Crippen molar-refractivity contribution < 1.29 is 22.6 Å². The summed E-state index contributed by atoms with van der Waals surface area (Å²) in [4.78, 5) is 0. The maximum absolute atomic E-state index is 12.0. The number of halogens is 3. The van der Waals surface area contributed by atoms with Crippen LogP contribution in [0, 0.1) is 0 Å². The molecule has 0 amide bonds. The second-order valence-corrected chi connectivity index (χ2v) is 4.97. The summed E-state index contributed by atoms with van der Waals surface area (Å²) in [5.74, 6) is 1.31. The van der Waals surface area contributed by atoms with Crippen LogP contribution in [0.2, 0.25) is 0 Å². The average Bonchev–Trinajstić information content (AvgIpc) is 2.42. The van der Waals surface area contributed by atoms with E-state index in [1.165, 1.54) is 0 Å². The van der Waals surface area contributed by atoms with Crippen molar-refractivity contribution in [2.45, 2.75) is 38.4 Å². The summed E-state index contributed by atoms with van der Waals surface area (Å²) in [5.41, 5.74) is 1.04.